The number of anilines is 1. The highest BCUT2D eigenvalue weighted by molar-refractivity contribution is 6.31. The van der Waals surface area contributed by atoms with Gasteiger partial charge < -0.3 is 14.5 Å². The van der Waals surface area contributed by atoms with Gasteiger partial charge in [-0.15, -0.1) is 0 Å². The summed E-state index contributed by atoms with van der Waals surface area (Å²) in [5.74, 6) is 0.249. The zero-order chi connectivity index (χ0) is 23.3. The van der Waals surface area contributed by atoms with Crippen molar-refractivity contribution in [2.24, 2.45) is 0 Å². The van der Waals surface area contributed by atoms with Crippen LogP contribution in [-0.2, 0) is 11.3 Å². The number of furan rings is 1. The van der Waals surface area contributed by atoms with Gasteiger partial charge in [-0.05, 0) is 58.0 Å². The molecule has 1 aromatic carbocycles. The Hall–Kier alpha value is -3.26. The first-order chi connectivity index (χ1) is 15.0. The highest BCUT2D eigenvalue weighted by atomic mass is 35.5. The van der Waals surface area contributed by atoms with Crippen molar-refractivity contribution < 1.29 is 18.7 Å². The van der Waals surface area contributed by atoms with Crippen LogP contribution in [0.3, 0.4) is 0 Å². The van der Waals surface area contributed by atoms with Crippen LogP contribution in [0.25, 0.3) is 11.5 Å². The number of carbonyl (C=O) groups excluding carboxylic acids is 2. The number of methoxy groups -OCH3 is 1. The van der Waals surface area contributed by atoms with Crippen molar-refractivity contribution in [2.45, 2.75) is 45.3 Å². The number of nitrogens with one attached hydrogen (secondary N) is 1. The minimum Gasteiger partial charge on any atom is -0.495 e. The van der Waals surface area contributed by atoms with E-state index in [0.29, 0.717) is 33.6 Å². The first kappa shape index (κ1) is 22.0. The van der Waals surface area contributed by atoms with E-state index in [-0.39, 0.29) is 12.5 Å². The van der Waals surface area contributed by atoms with Gasteiger partial charge in [-0.25, -0.2) is 0 Å². The summed E-state index contributed by atoms with van der Waals surface area (Å²) in [4.78, 5) is 28.8. The Balaban J connectivity index is 1.90. The molecule has 1 aliphatic rings. The molecule has 4 rings (SSSR count). The van der Waals surface area contributed by atoms with Crippen molar-refractivity contribution in [2.75, 3.05) is 12.0 Å². The second-order valence-electron chi connectivity index (χ2n) is 8.98. The van der Waals surface area contributed by atoms with E-state index >= 15 is 0 Å². The minimum absolute atomic E-state index is 0.131. The van der Waals surface area contributed by atoms with E-state index < -0.39 is 17.0 Å². The van der Waals surface area contributed by atoms with E-state index in [1.165, 1.54) is 12.0 Å². The molecule has 3 aromatic rings. The fraction of sp³-hybridized carbons (Fsp3) is 0.348. The first-order valence-electron chi connectivity index (χ1n) is 10.2. The number of benzene rings is 1. The van der Waals surface area contributed by atoms with Gasteiger partial charge in [0.2, 0.25) is 5.91 Å². The number of fused-ring (bicyclic) bond motifs is 1. The van der Waals surface area contributed by atoms with Gasteiger partial charge in [0.25, 0.3) is 5.91 Å². The summed E-state index contributed by atoms with van der Waals surface area (Å²) < 4.78 is 12.5. The van der Waals surface area contributed by atoms with E-state index in [0.717, 1.165) is 0 Å². The summed E-state index contributed by atoms with van der Waals surface area (Å²) in [5.41, 5.74) is -0.557. The molecule has 2 amide bonds. The molecule has 0 radical (unpaired) electrons. The van der Waals surface area contributed by atoms with E-state index in [4.69, 9.17) is 20.8 Å². The normalized spacial score (nSPS) is 18.4. The number of halogens is 1. The van der Waals surface area contributed by atoms with Crippen LogP contribution in [0.2, 0.25) is 5.02 Å². The lowest BCUT2D eigenvalue weighted by molar-refractivity contribution is -0.128. The van der Waals surface area contributed by atoms with Gasteiger partial charge in [0, 0.05) is 16.6 Å². The number of hydrogen-bond acceptors (Lipinski definition) is 5. The second-order valence-corrected chi connectivity index (χ2v) is 9.42. The van der Waals surface area contributed by atoms with Gasteiger partial charge in [0.1, 0.15) is 22.7 Å². The lowest BCUT2D eigenvalue weighted by Crippen LogP contribution is -2.66. The van der Waals surface area contributed by atoms with Crippen molar-refractivity contribution in [3.63, 3.8) is 0 Å². The maximum atomic E-state index is 13.8. The Morgan fingerprint density at radius 1 is 1.28 bits per heavy atom. The average molecular weight is 457 g/mol. The van der Waals surface area contributed by atoms with Gasteiger partial charge in [-0.2, -0.15) is 5.10 Å². The molecule has 0 bridgehead atoms. The Morgan fingerprint density at radius 3 is 2.66 bits per heavy atom. The lowest BCUT2D eigenvalue weighted by Gasteiger charge is -2.44. The molecule has 1 aliphatic heterocycles. The molecule has 0 fully saturated rings. The molecule has 2 aromatic heterocycles. The van der Waals surface area contributed by atoms with Crippen LogP contribution in [0, 0.1) is 0 Å². The molecule has 0 saturated heterocycles. The standard InChI is InChI=1S/C23H25ClN4O4/c1-22(2,3)25-21(30)23(4)13-27-17(12-15(26-27)18-7-6-10-32-18)20(29)28(23)16-11-14(24)8-9-19(16)31-5/h6-12H,13H2,1-5H3,(H,25,30). The third-order valence-electron chi connectivity index (χ3n) is 5.29. The van der Waals surface area contributed by atoms with Gasteiger partial charge in [0.15, 0.2) is 5.76 Å². The smallest absolute Gasteiger partial charge is 0.277 e. The Bertz CT molecular complexity index is 1180. The van der Waals surface area contributed by atoms with Gasteiger partial charge >= 0.3 is 0 Å². The molecule has 1 N–H and O–H groups in total. The molecule has 1 unspecified atom stereocenters. The average Bonchev–Trinajstić information content (AvgIpc) is 3.36. The molecule has 32 heavy (non-hydrogen) atoms. The summed E-state index contributed by atoms with van der Waals surface area (Å²) in [6.07, 6.45) is 1.54. The van der Waals surface area contributed by atoms with Crippen LogP contribution in [0.4, 0.5) is 5.69 Å². The van der Waals surface area contributed by atoms with Gasteiger partial charge in [0.05, 0.1) is 25.6 Å². The highest BCUT2D eigenvalue weighted by Gasteiger charge is 2.50. The third kappa shape index (κ3) is 3.75. The maximum Gasteiger partial charge on any atom is 0.277 e. The predicted molar refractivity (Wildman–Crippen MR) is 121 cm³/mol. The van der Waals surface area contributed by atoms with E-state index in [2.05, 4.69) is 10.4 Å². The van der Waals surface area contributed by atoms with Crippen LogP contribution in [0.15, 0.2) is 47.1 Å². The fourth-order valence-corrected chi connectivity index (χ4v) is 3.98. The molecule has 8 nitrogen and oxygen atoms in total. The minimum atomic E-state index is -1.30. The number of carbonyl (C=O) groups is 2. The molecule has 0 spiro atoms. The zero-order valence-electron chi connectivity index (χ0n) is 18.6. The summed E-state index contributed by atoms with van der Waals surface area (Å²) in [5, 5.41) is 7.96. The highest BCUT2D eigenvalue weighted by Crippen LogP contribution is 2.40. The van der Waals surface area contributed by atoms with Crippen molar-refractivity contribution in [3.05, 3.63) is 53.4 Å². The summed E-state index contributed by atoms with van der Waals surface area (Å²) >= 11 is 6.27. The van der Waals surface area contributed by atoms with E-state index in [1.54, 1.807) is 54.3 Å². The van der Waals surface area contributed by atoms with Crippen molar-refractivity contribution in [3.8, 4) is 17.2 Å². The number of rotatable bonds is 4. The quantitative estimate of drug-likeness (QED) is 0.637. The van der Waals surface area contributed by atoms with Crippen LogP contribution < -0.4 is 15.0 Å². The molecule has 1 atom stereocenters. The van der Waals surface area contributed by atoms with Gasteiger partial charge in [-0.3, -0.25) is 19.2 Å². The van der Waals surface area contributed by atoms with Gasteiger partial charge in [-0.1, -0.05) is 11.6 Å². The Morgan fingerprint density at radius 2 is 2.03 bits per heavy atom. The van der Waals surface area contributed by atoms with Crippen LogP contribution >= 0.6 is 11.6 Å². The summed E-state index contributed by atoms with van der Waals surface area (Å²) in [6.45, 7) is 7.50. The lowest BCUT2D eigenvalue weighted by atomic mass is 9.92. The predicted octanol–water partition coefficient (Wildman–Crippen LogP) is 4.14. The molecular weight excluding hydrogens is 432 g/mol. The fourth-order valence-electron chi connectivity index (χ4n) is 3.82. The SMILES string of the molecule is COc1ccc(Cl)cc1N1C(=O)c2cc(-c3ccco3)nn2CC1(C)C(=O)NC(C)(C)C. The Kier molecular flexibility index (Phi) is 5.29. The monoisotopic (exact) mass is 456 g/mol. The Labute approximate surface area is 191 Å². The molecule has 0 saturated carbocycles. The third-order valence-corrected chi connectivity index (χ3v) is 5.52. The van der Waals surface area contributed by atoms with E-state index in [9.17, 15) is 9.59 Å². The largest absolute Gasteiger partial charge is 0.495 e. The topological polar surface area (TPSA) is 89.6 Å². The second kappa shape index (κ2) is 7.70. The van der Waals surface area contributed by atoms with Crippen molar-refractivity contribution in [1.82, 2.24) is 15.1 Å². The molecular formula is C23H25ClN4O4. The molecule has 9 heteroatoms. The first-order valence-corrected chi connectivity index (χ1v) is 10.5. The maximum absolute atomic E-state index is 13.8. The van der Waals surface area contributed by atoms with Crippen LogP contribution in [0.5, 0.6) is 5.75 Å². The summed E-state index contributed by atoms with van der Waals surface area (Å²) in [7, 11) is 1.51. The molecule has 3 heterocycles. The van der Waals surface area contributed by atoms with E-state index in [1.807, 2.05) is 20.8 Å². The van der Waals surface area contributed by atoms with Crippen molar-refractivity contribution in [1.29, 1.82) is 0 Å². The van der Waals surface area contributed by atoms with Crippen LogP contribution in [0.1, 0.15) is 38.2 Å². The summed E-state index contributed by atoms with van der Waals surface area (Å²) in [6, 6.07) is 10.1. The molecule has 0 aliphatic carbocycles. The number of hydrogen-bond donors (Lipinski definition) is 1. The molecule has 168 valence electrons. The zero-order valence-corrected chi connectivity index (χ0v) is 19.4. The van der Waals surface area contributed by atoms with Crippen molar-refractivity contribution >= 4 is 29.1 Å². The number of ether oxygens (including phenoxy) is 1. The number of nitrogens with zero attached hydrogens (tertiary/aromatic N) is 3. The number of amides is 2. The van der Waals surface area contributed by atoms with Crippen LogP contribution in [-0.4, -0.2) is 39.8 Å². The number of aromatic nitrogens is 2.